The lowest BCUT2D eigenvalue weighted by molar-refractivity contribution is -0.242. The first-order valence-electron chi connectivity index (χ1n) is 4.58. The summed E-state index contributed by atoms with van der Waals surface area (Å²) in [4.78, 5) is 10.7. The second-order valence-corrected chi connectivity index (χ2v) is 3.38. The third-order valence-electron chi connectivity index (χ3n) is 2.23. The topological polar surface area (TPSA) is 65.0 Å². The highest BCUT2D eigenvalue weighted by atomic mass is 16.7. The van der Waals surface area contributed by atoms with E-state index >= 15 is 0 Å². The first kappa shape index (κ1) is 11.4. The Morgan fingerprint density at radius 1 is 1.57 bits per heavy atom. The number of esters is 1. The van der Waals surface area contributed by atoms with Crippen LogP contribution >= 0.6 is 0 Å². The number of rotatable bonds is 2. The van der Waals surface area contributed by atoms with E-state index in [0.29, 0.717) is 6.42 Å². The van der Waals surface area contributed by atoms with Gasteiger partial charge in [-0.2, -0.15) is 0 Å². The fraction of sp³-hybridized carbons (Fsp3) is 0.889. The van der Waals surface area contributed by atoms with Crippen LogP contribution in [0.1, 0.15) is 20.3 Å². The quantitative estimate of drug-likeness (QED) is 0.644. The molecule has 0 spiro atoms. The van der Waals surface area contributed by atoms with Gasteiger partial charge in [-0.25, -0.2) is 0 Å². The van der Waals surface area contributed by atoms with Crippen LogP contribution in [0.4, 0.5) is 0 Å². The van der Waals surface area contributed by atoms with E-state index < -0.39 is 30.6 Å². The van der Waals surface area contributed by atoms with Gasteiger partial charge in [-0.1, -0.05) is 0 Å². The second-order valence-electron chi connectivity index (χ2n) is 3.38. The summed E-state index contributed by atoms with van der Waals surface area (Å²) in [5, 5.41) is 9.64. The normalized spacial score (nSPS) is 38.0. The number of hydrogen-bond donors (Lipinski definition) is 1. The molecule has 4 atom stereocenters. The highest BCUT2D eigenvalue weighted by Crippen LogP contribution is 2.22. The number of hydrogen-bond acceptors (Lipinski definition) is 5. The molecule has 0 aromatic carbocycles. The zero-order valence-corrected chi connectivity index (χ0v) is 8.60. The third kappa shape index (κ3) is 2.67. The minimum atomic E-state index is -0.787. The highest BCUT2D eigenvalue weighted by molar-refractivity contribution is 5.66. The number of carbonyl (C=O) groups excluding carboxylic acids is 1. The highest BCUT2D eigenvalue weighted by Gasteiger charge is 2.37. The van der Waals surface area contributed by atoms with Crippen molar-refractivity contribution in [1.29, 1.82) is 0 Å². The van der Waals surface area contributed by atoms with E-state index in [-0.39, 0.29) is 0 Å². The summed E-state index contributed by atoms with van der Waals surface area (Å²) in [5.41, 5.74) is 0. The van der Waals surface area contributed by atoms with Crippen LogP contribution in [-0.4, -0.2) is 42.8 Å². The van der Waals surface area contributed by atoms with Crippen molar-refractivity contribution in [3.05, 3.63) is 0 Å². The van der Waals surface area contributed by atoms with Crippen molar-refractivity contribution < 1.29 is 24.1 Å². The van der Waals surface area contributed by atoms with E-state index in [9.17, 15) is 9.90 Å². The predicted molar refractivity (Wildman–Crippen MR) is 47.5 cm³/mol. The van der Waals surface area contributed by atoms with Gasteiger partial charge in [0, 0.05) is 20.5 Å². The van der Waals surface area contributed by atoms with Crippen LogP contribution in [0, 0.1) is 0 Å². The van der Waals surface area contributed by atoms with Crippen LogP contribution in [0.2, 0.25) is 0 Å². The van der Waals surface area contributed by atoms with Crippen LogP contribution in [0.5, 0.6) is 0 Å². The zero-order chi connectivity index (χ0) is 10.7. The van der Waals surface area contributed by atoms with Crippen molar-refractivity contribution in [1.82, 2.24) is 0 Å². The van der Waals surface area contributed by atoms with Gasteiger partial charge in [0.15, 0.2) is 6.29 Å². The smallest absolute Gasteiger partial charge is 0.302 e. The Hall–Kier alpha value is -0.650. The van der Waals surface area contributed by atoms with Crippen LogP contribution < -0.4 is 0 Å². The number of ether oxygens (including phenoxy) is 3. The lowest BCUT2D eigenvalue weighted by Gasteiger charge is -2.36. The third-order valence-corrected chi connectivity index (χ3v) is 2.23. The molecule has 0 aromatic heterocycles. The Morgan fingerprint density at radius 3 is 2.71 bits per heavy atom. The van der Waals surface area contributed by atoms with E-state index in [1.54, 1.807) is 6.92 Å². The summed E-state index contributed by atoms with van der Waals surface area (Å²) in [7, 11) is 1.51. The minimum absolute atomic E-state index is 0.363. The summed E-state index contributed by atoms with van der Waals surface area (Å²) in [6.07, 6.45) is -1.77. The summed E-state index contributed by atoms with van der Waals surface area (Å²) < 4.78 is 15.3. The predicted octanol–water partition coefficient (Wildman–Crippen LogP) is 0.0603. The molecule has 82 valence electrons. The molecule has 5 nitrogen and oxygen atoms in total. The summed E-state index contributed by atoms with van der Waals surface area (Å²) in [6.45, 7) is 3.03. The van der Waals surface area contributed by atoms with Gasteiger partial charge in [0.2, 0.25) is 0 Å². The van der Waals surface area contributed by atoms with Gasteiger partial charge in [-0.05, 0) is 6.92 Å². The van der Waals surface area contributed by atoms with Gasteiger partial charge < -0.3 is 19.3 Å². The molecule has 1 saturated heterocycles. The average Bonchev–Trinajstić information content (AvgIpc) is 2.11. The molecule has 1 aliphatic rings. The van der Waals surface area contributed by atoms with E-state index in [2.05, 4.69) is 0 Å². The molecule has 0 radical (unpaired) electrons. The van der Waals surface area contributed by atoms with Crippen LogP contribution in [0.25, 0.3) is 0 Å². The molecular weight excluding hydrogens is 188 g/mol. The molecule has 0 amide bonds. The Labute approximate surface area is 82.9 Å². The van der Waals surface area contributed by atoms with Crippen molar-refractivity contribution >= 4 is 5.97 Å². The van der Waals surface area contributed by atoms with Crippen LogP contribution in [-0.2, 0) is 19.0 Å². The SMILES string of the molecule is CO[C@H]1C[C@H](OC(C)=O)[C@H](O)[C@@H](C)O1. The van der Waals surface area contributed by atoms with Gasteiger partial charge in [-0.3, -0.25) is 4.79 Å². The van der Waals surface area contributed by atoms with Gasteiger partial charge in [0.05, 0.1) is 6.10 Å². The fourth-order valence-corrected chi connectivity index (χ4v) is 1.49. The van der Waals surface area contributed by atoms with Crippen molar-refractivity contribution in [2.24, 2.45) is 0 Å². The molecule has 1 heterocycles. The largest absolute Gasteiger partial charge is 0.459 e. The van der Waals surface area contributed by atoms with Crippen LogP contribution in [0.15, 0.2) is 0 Å². The molecular formula is C9H16O5. The summed E-state index contributed by atoms with van der Waals surface area (Å²) >= 11 is 0. The van der Waals surface area contributed by atoms with E-state index in [1.807, 2.05) is 0 Å². The molecule has 0 aromatic rings. The maximum atomic E-state index is 10.7. The number of aliphatic hydroxyl groups is 1. The molecule has 0 aliphatic carbocycles. The summed E-state index contributed by atoms with van der Waals surface area (Å²) in [5.74, 6) is -0.405. The standard InChI is InChI=1S/C9H16O5/c1-5-9(11)7(14-6(2)10)4-8(12-3)13-5/h5,7-9,11H,4H2,1-3H3/t5-,7+,8-,9-/m1/s1. The van der Waals surface area contributed by atoms with E-state index in [1.165, 1.54) is 14.0 Å². The maximum absolute atomic E-state index is 10.7. The minimum Gasteiger partial charge on any atom is -0.459 e. The molecule has 1 N–H and O–H groups in total. The zero-order valence-electron chi connectivity index (χ0n) is 8.60. The Balaban J connectivity index is 2.57. The molecule has 14 heavy (non-hydrogen) atoms. The van der Waals surface area contributed by atoms with Crippen LogP contribution in [0.3, 0.4) is 0 Å². The van der Waals surface area contributed by atoms with E-state index in [0.717, 1.165) is 0 Å². The molecule has 5 heteroatoms. The van der Waals surface area contributed by atoms with Crippen molar-refractivity contribution in [2.45, 2.75) is 44.9 Å². The van der Waals surface area contributed by atoms with Gasteiger partial charge in [0.1, 0.15) is 12.2 Å². The first-order chi connectivity index (χ1) is 6.54. The summed E-state index contributed by atoms with van der Waals surface area (Å²) in [6, 6.07) is 0. The second kappa shape index (κ2) is 4.72. The molecule has 1 fully saturated rings. The Bertz CT molecular complexity index is 205. The first-order valence-corrected chi connectivity index (χ1v) is 4.58. The lowest BCUT2D eigenvalue weighted by atomic mass is 10.0. The maximum Gasteiger partial charge on any atom is 0.302 e. The Morgan fingerprint density at radius 2 is 2.21 bits per heavy atom. The van der Waals surface area contributed by atoms with Crippen molar-refractivity contribution in [3.63, 3.8) is 0 Å². The van der Waals surface area contributed by atoms with Gasteiger partial charge in [0.25, 0.3) is 0 Å². The average molecular weight is 204 g/mol. The fourth-order valence-electron chi connectivity index (χ4n) is 1.49. The molecule has 1 rings (SSSR count). The van der Waals surface area contributed by atoms with Crippen molar-refractivity contribution in [2.75, 3.05) is 7.11 Å². The lowest BCUT2D eigenvalue weighted by Crippen LogP contribution is -2.49. The Kier molecular flexibility index (Phi) is 3.86. The molecule has 1 aliphatic heterocycles. The van der Waals surface area contributed by atoms with E-state index in [4.69, 9.17) is 14.2 Å². The number of aliphatic hydroxyl groups excluding tert-OH is 1. The monoisotopic (exact) mass is 204 g/mol. The van der Waals surface area contributed by atoms with Gasteiger partial charge >= 0.3 is 5.97 Å². The van der Waals surface area contributed by atoms with Crippen molar-refractivity contribution in [3.8, 4) is 0 Å². The van der Waals surface area contributed by atoms with Gasteiger partial charge in [-0.15, -0.1) is 0 Å². The number of methoxy groups -OCH3 is 1. The number of carbonyl (C=O) groups is 1. The molecule has 0 bridgehead atoms. The molecule has 0 unspecified atom stereocenters. The molecule has 0 saturated carbocycles.